The van der Waals surface area contributed by atoms with E-state index in [1.54, 1.807) is 11.3 Å². The van der Waals surface area contributed by atoms with E-state index >= 15 is 0 Å². The first-order valence-corrected chi connectivity index (χ1v) is 7.32. The first-order valence-electron chi connectivity index (χ1n) is 6.51. The van der Waals surface area contributed by atoms with Crippen molar-refractivity contribution in [1.82, 2.24) is 4.98 Å². The van der Waals surface area contributed by atoms with Gasteiger partial charge in [-0.3, -0.25) is 4.98 Å². The molecule has 0 aliphatic carbocycles. The molecule has 0 unspecified atom stereocenters. The van der Waals surface area contributed by atoms with Crippen molar-refractivity contribution in [3.63, 3.8) is 0 Å². The summed E-state index contributed by atoms with van der Waals surface area (Å²) in [4.78, 5) is 5.66. The van der Waals surface area contributed by atoms with Crippen LogP contribution in [-0.4, -0.2) is 23.3 Å². The maximum Gasteiger partial charge on any atom is 0.496 e. The summed E-state index contributed by atoms with van der Waals surface area (Å²) in [6.07, 6.45) is 1.83. The molecule has 0 saturated carbocycles. The van der Waals surface area contributed by atoms with Crippen LogP contribution in [-0.2, 0) is 9.31 Å². The number of nitrogens with zero attached hydrogens (tertiary/aromatic N) is 1. The Kier molecular flexibility index (Phi) is 2.79. The van der Waals surface area contributed by atoms with Crippen molar-refractivity contribution in [3.05, 3.63) is 23.2 Å². The molecular weight excluding hydrogens is 257 g/mol. The van der Waals surface area contributed by atoms with E-state index in [2.05, 4.69) is 45.7 Å². The molecule has 0 amide bonds. The lowest BCUT2D eigenvalue weighted by atomic mass is 9.79. The number of aromatic nitrogens is 1. The fourth-order valence-electron chi connectivity index (χ4n) is 2.23. The third kappa shape index (κ3) is 2.00. The molecule has 0 spiro atoms. The first-order chi connectivity index (χ1) is 8.80. The van der Waals surface area contributed by atoms with Crippen LogP contribution < -0.4 is 5.46 Å². The molecule has 5 heteroatoms. The van der Waals surface area contributed by atoms with E-state index in [0.717, 1.165) is 11.0 Å². The molecule has 3 nitrogen and oxygen atoms in total. The Hall–Kier alpha value is -0.905. The van der Waals surface area contributed by atoms with Crippen molar-refractivity contribution in [3.8, 4) is 0 Å². The Morgan fingerprint density at radius 3 is 2.42 bits per heavy atom. The molecule has 1 fully saturated rings. The van der Waals surface area contributed by atoms with E-state index in [4.69, 9.17) is 9.31 Å². The predicted molar refractivity (Wildman–Crippen MR) is 80.1 cm³/mol. The first kappa shape index (κ1) is 13.1. The summed E-state index contributed by atoms with van der Waals surface area (Å²) in [7, 11) is -0.312. The molecule has 2 aromatic rings. The van der Waals surface area contributed by atoms with Gasteiger partial charge in [-0.05, 0) is 46.8 Å². The van der Waals surface area contributed by atoms with Gasteiger partial charge in [0.2, 0.25) is 0 Å². The van der Waals surface area contributed by atoms with Gasteiger partial charge in [-0.15, -0.1) is 11.3 Å². The van der Waals surface area contributed by atoms with Gasteiger partial charge in [0.05, 0.1) is 21.4 Å². The summed E-state index contributed by atoms with van der Waals surface area (Å²) >= 11 is 1.74. The third-order valence-corrected chi connectivity index (χ3v) is 5.16. The Balaban J connectivity index is 2.07. The molecular formula is C14H18BNO2S. The second kappa shape index (κ2) is 4.04. The summed E-state index contributed by atoms with van der Waals surface area (Å²) in [6, 6.07) is 4.11. The highest BCUT2D eigenvalue weighted by Crippen LogP contribution is 2.37. The molecule has 1 aliphatic heterocycles. The van der Waals surface area contributed by atoms with E-state index in [0.29, 0.717) is 0 Å². The van der Waals surface area contributed by atoms with E-state index < -0.39 is 0 Å². The third-order valence-electron chi connectivity index (χ3n) is 4.07. The van der Waals surface area contributed by atoms with Gasteiger partial charge in [-0.25, -0.2) is 0 Å². The minimum atomic E-state index is -0.312. The zero-order chi connectivity index (χ0) is 13.8. The Bertz CT molecular complexity index is 619. The van der Waals surface area contributed by atoms with Crippen molar-refractivity contribution in [2.24, 2.45) is 0 Å². The molecule has 0 aromatic carbocycles. The molecule has 2 aromatic heterocycles. The molecule has 100 valence electrons. The number of hydrogen-bond acceptors (Lipinski definition) is 4. The fraction of sp³-hybridized carbons (Fsp3) is 0.500. The van der Waals surface area contributed by atoms with Gasteiger partial charge >= 0.3 is 7.12 Å². The van der Waals surface area contributed by atoms with Crippen molar-refractivity contribution in [2.45, 2.75) is 45.8 Å². The lowest BCUT2D eigenvalue weighted by molar-refractivity contribution is 0.00578. The van der Waals surface area contributed by atoms with Gasteiger partial charge in [0.1, 0.15) is 0 Å². The van der Waals surface area contributed by atoms with Crippen molar-refractivity contribution in [2.75, 3.05) is 0 Å². The smallest absolute Gasteiger partial charge is 0.399 e. The molecule has 0 atom stereocenters. The van der Waals surface area contributed by atoms with Crippen LogP contribution in [0.3, 0.4) is 0 Å². The monoisotopic (exact) mass is 275 g/mol. The Morgan fingerprint density at radius 1 is 1.16 bits per heavy atom. The highest BCUT2D eigenvalue weighted by molar-refractivity contribution is 7.20. The van der Waals surface area contributed by atoms with Gasteiger partial charge < -0.3 is 9.31 Å². The maximum atomic E-state index is 6.12. The topological polar surface area (TPSA) is 31.4 Å². The lowest BCUT2D eigenvalue weighted by Gasteiger charge is -2.32. The highest BCUT2D eigenvalue weighted by atomic mass is 32.1. The number of fused-ring (bicyclic) bond motifs is 1. The standard InChI is InChI=1S/C14H18BNO2S/c1-9-8-11-12(19-9)10(6-7-16-11)15-17-13(2,3)14(4,5)18-15/h6-8H,1-5H3. The van der Waals surface area contributed by atoms with E-state index in [9.17, 15) is 0 Å². The molecule has 1 aliphatic rings. The van der Waals surface area contributed by atoms with Crippen molar-refractivity contribution >= 4 is 34.1 Å². The van der Waals surface area contributed by atoms with Crippen LogP contribution in [0.4, 0.5) is 0 Å². The summed E-state index contributed by atoms with van der Waals surface area (Å²) in [5.74, 6) is 0. The van der Waals surface area contributed by atoms with Crippen LogP contribution in [0.2, 0.25) is 0 Å². The normalized spacial score (nSPS) is 21.2. The largest absolute Gasteiger partial charge is 0.496 e. The molecule has 3 rings (SSSR count). The molecule has 3 heterocycles. The van der Waals surface area contributed by atoms with Crippen molar-refractivity contribution in [1.29, 1.82) is 0 Å². The van der Waals surface area contributed by atoms with Gasteiger partial charge in [0.25, 0.3) is 0 Å². The van der Waals surface area contributed by atoms with E-state index in [1.807, 2.05) is 12.3 Å². The van der Waals surface area contributed by atoms with Crippen LogP contribution in [0, 0.1) is 6.92 Å². The van der Waals surface area contributed by atoms with Gasteiger partial charge in [-0.2, -0.15) is 0 Å². The zero-order valence-electron chi connectivity index (χ0n) is 12.0. The molecule has 0 radical (unpaired) electrons. The quantitative estimate of drug-likeness (QED) is 0.750. The van der Waals surface area contributed by atoms with Crippen LogP contribution in [0.1, 0.15) is 32.6 Å². The summed E-state index contributed by atoms with van der Waals surface area (Å²) in [5, 5.41) is 0. The summed E-state index contributed by atoms with van der Waals surface area (Å²) < 4.78 is 13.4. The Labute approximate surface area is 118 Å². The van der Waals surface area contributed by atoms with E-state index in [1.165, 1.54) is 9.58 Å². The van der Waals surface area contributed by atoms with Crippen LogP contribution >= 0.6 is 11.3 Å². The second-order valence-corrected chi connectivity index (χ2v) is 7.32. The molecule has 19 heavy (non-hydrogen) atoms. The summed E-state index contributed by atoms with van der Waals surface area (Å²) in [6.45, 7) is 10.4. The lowest BCUT2D eigenvalue weighted by Crippen LogP contribution is -2.41. The van der Waals surface area contributed by atoms with Crippen LogP contribution in [0.25, 0.3) is 10.2 Å². The SMILES string of the molecule is Cc1cc2nccc(B3OC(C)(C)C(C)(C)O3)c2s1. The summed E-state index contributed by atoms with van der Waals surface area (Å²) in [5.41, 5.74) is 1.50. The predicted octanol–water partition coefficient (Wildman–Crippen LogP) is 2.90. The number of thiophene rings is 1. The Morgan fingerprint density at radius 2 is 1.79 bits per heavy atom. The maximum absolute atomic E-state index is 6.12. The molecule has 0 bridgehead atoms. The van der Waals surface area contributed by atoms with Gasteiger partial charge in [-0.1, -0.05) is 0 Å². The van der Waals surface area contributed by atoms with Crippen LogP contribution in [0.5, 0.6) is 0 Å². The number of rotatable bonds is 1. The van der Waals surface area contributed by atoms with Gasteiger partial charge in [0.15, 0.2) is 0 Å². The number of pyridine rings is 1. The number of hydrogen-bond donors (Lipinski definition) is 0. The van der Waals surface area contributed by atoms with Crippen LogP contribution in [0.15, 0.2) is 18.3 Å². The van der Waals surface area contributed by atoms with E-state index in [-0.39, 0.29) is 18.3 Å². The minimum Gasteiger partial charge on any atom is -0.399 e. The van der Waals surface area contributed by atoms with Gasteiger partial charge in [0, 0.05) is 16.5 Å². The number of aryl methyl sites for hydroxylation is 1. The average Bonchev–Trinajstić information content (AvgIpc) is 2.75. The average molecular weight is 275 g/mol. The fourth-order valence-corrected chi connectivity index (χ4v) is 3.22. The zero-order valence-corrected chi connectivity index (χ0v) is 12.8. The molecule has 0 N–H and O–H groups in total. The minimum absolute atomic E-state index is 0.306. The van der Waals surface area contributed by atoms with Crippen molar-refractivity contribution < 1.29 is 9.31 Å². The second-order valence-electron chi connectivity index (χ2n) is 6.06. The highest BCUT2D eigenvalue weighted by Gasteiger charge is 2.52. The molecule has 1 saturated heterocycles.